The average Bonchev–Trinajstić information content (AvgIpc) is 2.84. The van der Waals surface area contributed by atoms with Crippen molar-refractivity contribution in [1.82, 2.24) is 10.7 Å². The predicted octanol–water partition coefficient (Wildman–Crippen LogP) is 5.00. The third-order valence-electron chi connectivity index (χ3n) is 5.66. The summed E-state index contributed by atoms with van der Waals surface area (Å²) < 4.78 is 10.9. The molecule has 7 heteroatoms. The lowest BCUT2D eigenvalue weighted by molar-refractivity contribution is -0.123. The molecule has 3 rings (SSSR count). The summed E-state index contributed by atoms with van der Waals surface area (Å²) in [4.78, 5) is 24.6. The molecular formula is C29H33N3O4. The Hall–Kier alpha value is -4.13. The zero-order valence-electron chi connectivity index (χ0n) is 21.2. The maximum absolute atomic E-state index is 12.7. The molecule has 0 bridgehead atoms. The first kappa shape index (κ1) is 26.5. The van der Waals surface area contributed by atoms with Gasteiger partial charge in [0.25, 0.3) is 5.91 Å². The van der Waals surface area contributed by atoms with Gasteiger partial charge in [0.05, 0.1) is 12.8 Å². The Bertz CT molecular complexity index is 1170. The monoisotopic (exact) mass is 487 g/mol. The van der Waals surface area contributed by atoms with Crippen LogP contribution in [0.5, 0.6) is 5.75 Å². The number of nitrogens with zero attached hydrogens (tertiary/aromatic N) is 1. The molecule has 0 spiro atoms. The summed E-state index contributed by atoms with van der Waals surface area (Å²) in [7, 11) is 0. The van der Waals surface area contributed by atoms with Crippen molar-refractivity contribution in [2.45, 2.75) is 46.8 Å². The number of benzene rings is 3. The van der Waals surface area contributed by atoms with Crippen LogP contribution in [0.4, 0.5) is 4.79 Å². The van der Waals surface area contributed by atoms with Crippen molar-refractivity contribution in [3.05, 3.63) is 100 Å². The smallest absolute Gasteiger partial charge is 0.407 e. The molecular weight excluding hydrogens is 454 g/mol. The quantitative estimate of drug-likeness (QED) is 0.311. The standard InChI is InChI=1S/C29H33N3O4/c1-5-35-29(34)31-27(17-23-9-7-6-8-10-23)28(33)32-30-18-24-11-13-25(14-12-24)36-19-26-21(3)15-20(2)16-22(26)4/h6-16,18,27H,5,17,19H2,1-4H3,(H,31,34)(H,32,33)/b30-18-/t27-/m0/s1. The van der Waals surface area contributed by atoms with Crippen molar-refractivity contribution in [3.63, 3.8) is 0 Å². The van der Waals surface area contributed by atoms with E-state index in [9.17, 15) is 9.59 Å². The Morgan fingerprint density at radius 3 is 2.28 bits per heavy atom. The lowest BCUT2D eigenvalue weighted by atomic mass is 10.0. The molecule has 0 aliphatic heterocycles. The Morgan fingerprint density at radius 2 is 1.64 bits per heavy atom. The van der Waals surface area contributed by atoms with Crippen LogP contribution in [0.1, 0.15) is 40.3 Å². The number of alkyl carbamates (subject to hydrolysis) is 1. The van der Waals surface area contributed by atoms with Crippen LogP contribution in [0.2, 0.25) is 0 Å². The summed E-state index contributed by atoms with van der Waals surface area (Å²) in [6.07, 6.45) is 1.21. The largest absolute Gasteiger partial charge is 0.489 e. The van der Waals surface area contributed by atoms with Crippen LogP contribution >= 0.6 is 0 Å². The number of carbonyl (C=O) groups is 2. The fraction of sp³-hybridized carbons (Fsp3) is 0.276. The number of hydrogen-bond donors (Lipinski definition) is 2. The number of rotatable bonds is 10. The van der Waals surface area contributed by atoms with Crippen molar-refractivity contribution in [1.29, 1.82) is 0 Å². The SMILES string of the molecule is CCOC(=O)N[C@@H](Cc1ccccc1)C(=O)N/N=C\c1ccc(OCc2c(C)cc(C)cc2C)cc1. The van der Waals surface area contributed by atoms with Gasteiger partial charge in [-0.25, -0.2) is 10.2 Å². The molecule has 0 radical (unpaired) electrons. The first-order valence-corrected chi connectivity index (χ1v) is 12.0. The molecule has 188 valence electrons. The van der Waals surface area contributed by atoms with Gasteiger partial charge >= 0.3 is 6.09 Å². The summed E-state index contributed by atoms with van der Waals surface area (Å²) in [5.74, 6) is 0.309. The van der Waals surface area contributed by atoms with Crippen molar-refractivity contribution >= 4 is 18.2 Å². The lowest BCUT2D eigenvalue weighted by Crippen LogP contribution is -2.47. The number of carbonyl (C=O) groups excluding carboxylic acids is 2. The van der Waals surface area contributed by atoms with E-state index < -0.39 is 18.0 Å². The minimum Gasteiger partial charge on any atom is -0.489 e. The van der Waals surface area contributed by atoms with E-state index in [-0.39, 0.29) is 6.61 Å². The van der Waals surface area contributed by atoms with Crippen molar-refractivity contribution in [2.24, 2.45) is 5.10 Å². The molecule has 3 aromatic rings. The van der Waals surface area contributed by atoms with Gasteiger partial charge in [-0.05, 0) is 79.8 Å². The van der Waals surface area contributed by atoms with Gasteiger partial charge in [0.2, 0.25) is 0 Å². The number of amides is 2. The van der Waals surface area contributed by atoms with Gasteiger partial charge < -0.3 is 14.8 Å². The van der Waals surface area contributed by atoms with E-state index >= 15 is 0 Å². The number of nitrogens with one attached hydrogen (secondary N) is 2. The van der Waals surface area contributed by atoms with Gasteiger partial charge in [0.15, 0.2) is 0 Å². The highest BCUT2D eigenvalue weighted by molar-refractivity contribution is 5.87. The van der Waals surface area contributed by atoms with Crippen LogP contribution in [0.3, 0.4) is 0 Å². The second-order valence-corrected chi connectivity index (χ2v) is 8.58. The average molecular weight is 488 g/mol. The summed E-state index contributed by atoms with van der Waals surface area (Å²) >= 11 is 0. The zero-order chi connectivity index (χ0) is 25.9. The van der Waals surface area contributed by atoms with Crippen molar-refractivity contribution in [2.75, 3.05) is 6.61 Å². The Labute approximate surface area is 212 Å². The van der Waals surface area contributed by atoms with E-state index in [4.69, 9.17) is 9.47 Å². The molecule has 0 aliphatic carbocycles. The highest BCUT2D eigenvalue weighted by atomic mass is 16.5. The molecule has 36 heavy (non-hydrogen) atoms. The van der Waals surface area contributed by atoms with Gasteiger partial charge in [-0.3, -0.25) is 4.79 Å². The van der Waals surface area contributed by atoms with E-state index in [0.29, 0.717) is 13.0 Å². The molecule has 0 aliphatic rings. The van der Waals surface area contributed by atoms with Gasteiger partial charge in [-0.15, -0.1) is 0 Å². The van der Waals surface area contributed by atoms with Gasteiger partial charge in [-0.2, -0.15) is 5.10 Å². The van der Waals surface area contributed by atoms with Crippen LogP contribution in [-0.2, 0) is 22.6 Å². The number of hydrogen-bond acceptors (Lipinski definition) is 5. The molecule has 0 saturated heterocycles. The van der Waals surface area contributed by atoms with Gasteiger partial charge in [0.1, 0.15) is 18.4 Å². The highest BCUT2D eigenvalue weighted by Gasteiger charge is 2.21. The minimum atomic E-state index is -0.826. The van der Waals surface area contributed by atoms with E-state index in [1.807, 2.05) is 54.6 Å². The van der Waals surface area contributed by atoms with Crippen molar-refractivity contribution < 1.29 is 19.1 Å². The van der Waals surface area contributed by atoms with Crippen LogP contribution in [0.25, 0.3) is 0 Å². The number of aryl methyl sites for hydroxylation is 3. The fourth-order valence-electron chi connectivity index (χ4n) is 3.87. The van der Waals surface area contributed by atoms with E-state index in [1.54, 1.807) is 13.1 Å². The summed E-state index contributed by atoms with van der Waals surface area (Å²) in [5, 5.41) is 6.65. The normalized spacial score (nSPS) is 11.7. The van der Waals surface area contributed by atoms with Gasteiger partial charge in [-0.1, -0.05) is 48.0 Å². The number of hydrazone groups is 1. The minimum absolute atomic E-state index is 0.216. The Kier molecular flexibility index (Phi) is 9.63. The highest BCUT2D eigenvalue weighted by Crippen LogP contribution is 2.19. The molecule has 2 N–H and O–H groups in total. The second kappa shape index (κ2) is 13.1. The summed E-state index contributed by atoms with van der Waals surface area (Å²) in [6, 6.07) is 20.4. The molecule has 3 aromatic carbocycles. The fourth-order valence-corrected chi connectivity index (χ4v) is 3.87. The maximum Gasteiger partial charge on any atom is 0.407 e. The van der Waals surface area contributed by atoms with Crippen molar-refractivity contribution in [3.8, 4) is 5.75 Å². The maximum atomic E-state index is 12.7. The van der Waals surface area contributed by atoms with E-state index in [1.165, 1.54) is 22.3 Å². The third-order valence-corrected chi connectivity index (χ3v) is 5.66. The third kappa shape index (κ3) is 7.98. The molecule has 2 amide bonds. The molecule has 1 atom stereocenters. The topological polar surface area (TPSA) is 89.0 Å². The van der Waals surface area contributed by atoms with Crippen LogP contribution in [0.15, 0.2) is 71.8 Å². The molecule has 0 unspecified atom stereocenters. The summed E-state index contributed by atoms with van der Waals surface area (Å²) in [6.45, 7) is 8.70. The van der Waals surface area contributed by atoms with Crippen LogP contribution < -0.4 is 15.5 Å². The Morgan fingerprint density at radius 1 is 0.972 bits per heavy atom. The molecule has 0 fully saturated rings. The van der Waals surface area contributed by atoms with Gasteiger partial charge in [0, 0.05) is 6.42 Å². The zero-order valence-corrected chi connectivity index (χ0v) is 21.2. The lowest BCUT2D eigenvalue weighted by Gasteiger charge is -2.16. The molecule has 7 nitrogen and oxygen atoms in total. The molecule has 0 aromatic heterocycles. The predicted molar refractivity (Wildman–Crippen MR) is 141 cm³/mol. The van der Waals surface area contributed by atoms with E-state index in [2.05, 4.69) is 48.7 Å². The van der Waals surface area contributed by atoms with Crippen LogP contribution in [0, 0.1) is 20.8 Å². The first-order valence-electron chi connectivity index (χ1n) is 12.0. The number of ether oxygens (including phenoxy) is 2. The van der Waals surface area contributed by atoms with Crippen LogP contribution in [-0.4, -0.2) is 30.9 Å². The van der Waals surface area contributed by atoms with E-state index in [0.717, 1.165) is 16.9 Å². The molecule has 0 heterocycles. The first-order chi connectivity index (χ1) is 17.4. The second-order valence-electron chi connectivity index (χ2n) is 8.58. The molecule has 0 saturated carbocycles. The Balaban J connectivity index is 1.57. The summed E-state index contributed by atoms with van der Waals surface area (Å²) in [5.41, 5.74) is 9.08.